The van der Waals surface area contributed by atoms with Crippen LogP contribution in [-0.2, 0) is 9.53 Å². The van der Waals surface area contributed by atoms with E-state index in [2.05, 4.69) is 16.0 Å². The van der Waals surface area contributed by atoms with E-state index in [9.17, 15) is 9.59 Å². The average molecular weight is 422 g/mol. The zero-order chi connectivity index (χ0) is 19.9. The Morgan fingerprint density at radius 3 is 2.68 bits per heavy atom. The van der Waals surface area contributed by atoms with Gasteiger partial charge in [0.05, 0.1) is 22.7 Å². The predicted molar refractivity (Wildman–Crippen MR) is 111 cm³/mol. The lowest BCUT2D eigenvalue weighted by atomic mass is 10.1. The molecule has 6 nitrogen and oxygen atoms in total. The van der Waals surface area contributed by atoms with Gasteiger partial charge in [-0.25, -0.2) is 0 Å². The molecule has 1 aliphatic heterocycles. The number of halogens is 2. The van der Waals surface area contributed by atoms with Gasteiger partial charge < -0.3 is 20.7 Å². The van der Waals surface area contributed by atoms with Gasteiger partial charge in [-0.1, -0.05) is 29.3 Å². The minimum absolute atomic E-state index is 0.0490. The minimum Gasteiger partial charge on any atom is -0.376 e. The molecule has 0 aromatic heterocycles. The fourth-order valence-corrected chi connectivity index (χ4v) is 3.14. The van der Waals surface area contributed by atoms with Gasteiger partial charge in [0.25, 0.3) is 5.91 Å². The van der Waals surface area contributed by atoms with Crippen LogP contribution in [0.4, 0.5) is 11.4 Å². The highest BCUT2D eigenvalue weighted by molar-refractivity contribution is 6.42. The summed E-state index contributed by atoms with van der Waals surface area (Å²) in [4.78, 5) is 24.5. The summed E-state index contributed by atoms with van der Waals surface area (Å²) in [5.74, 6) is -0.441. The van der Waals surface area contributed by atoms with E-state index in [1.807, 2.05) is 0 Å². The molecule has 0 spiro atoms. The lowest BCUT2D eigenvalue weighted by Crippen LogP contribution is -2.31. The number of carbonyl (C=O) groups excluding carboxylic acids is 2. The quantitative estimate of drug-likeness (QED) is 0.631. The molecule has 1 saturated heterocycles. The second-order valence-corrected chi connectivity index (χ2v) is 7.27. The van der Waals surface area contributed by atoms with E-state index in [1.54, 1.807) is 42.5 Å². The number of amides is 2. The third kappa shape index (κ3) is 5.86. The summed E-state index contributed by atoms with van der Waals surface area (Å²) in [5.41, 5.74) is 1.71. The number of anilines is 2. The molecule has 0 bridgehead atoms. The lowest BCUT2D eigenvalue weighted by Gasteiger charge is -2.12. The van der Waals surface area contributed by atoms with Crippen LogP contribution in [0, 0.1) is 0 Å². The molecule has 0 radical (unpaired) electrons. The van der Waals surface area contributed by atoms with Gasteiger partial charge in [-0.15, -0.1) is 0 Å². The van der Waals surface area contributed by atoms with Gasteiger partial charge in [-0.2, -0.15) is 0 Å². The topological polar surface area (TPSA) is 79.5 Å². The van der Waals surface area contributed by atoms with E-state index < -0.39 is 0 Å². The Hall–Kier alpha value is -2.28. The van der Waals surface area contributed by atoms with E-state index in [0.29, 0.717) is 33.5 Å². The fraction of sp³-hybridized carbons (Fsp3) is 0.300. The van der Waals surface area contributed by atoms with Gasteiger partial charge in [-0.05, 0) is 49.2 Å². The molecule has 2 aromatic carbocycles. The Bertz CT molecular complexity index is 854. The van der Waals surface area contributed by atoms with E-state index >= 15 is 0 Å². The fourth-order valence-electron chi connectivity index (χ4n) is 2.85. The van der Waals surface area contributed by atoms with Crippen molar-refractivity contribution in [3.8, 4) is 0 Å². The second-order valence-electron chi connectivity index (χ2n) is 6.46. The Labute approximate surface area is 173 Å². The van der Waals surface area contributed by atoms with Crippen molar-refractivity contribution in [1.82, 2.24) is 5.32 Å². The Morgan fingerprint density at radius 1 is 1.07 bits per heavy atom. The number of nitrogens with one attached hydrogen (secondary N) is 3. The summed E-state index contributed by atoms with van der Waals surface area (Å²) in [6.07, 6.45) is 2.07. The number of hydrogen-bond donors (Lipinski definition) is 3. The summed E-state index contributed by atoms with van der Waals surface area (Å²) in [5, 5.41) is 9.47. The number of ether oxygens (including phenoxy) is 1. The van der Waals surface area contributed by atoms with E-state index in [0.717, 1.165) is 19.4 Å². The number of hydrogen-bond acceptors (Lipinski definition) is 4. The highest BCUT2D eigenvalue weighted by atomic mass is 35.5. The van der Waals surface area contributed by atoms with Gasteiger partial charge >= 0.3 is 0 Å². The predicted octanol–water partition coefficient (Wildman–Crippen LogP) is 3.95. The van der Waals surface area contributed by atoms with Crippen LogP contribution >= 0.6 is 23.2 Å². The maximum atomic E-state index is 12.3. The van der Waals surface area contributed by atoms with E-state index in [1.165, 1.54) is 0 Å². The summed E-state index contributed by atoms with van der Waals surface area (Å²) in [6.45, 7) is 1.29. The van der Waals surface area contributed by atoms with Crippen molar-refractivity contribution < 1.29 is 14.3 Å². The largest absolute Gasteiger partial charge is 0.376 e. The van der Waals surface area contributed by atoms with Crippen molar-refractivity contribution in [3.63, 3.8) is 0 Å². The summed E-state index contributed by atoms with van der Waals surface area (Å²) in [6, 6.07) is 11.8. The van der Waals surface area contributed by atoms with E-state index in [-0.39, 0.29) is 24.5 Å². The third-order valence-electron chi connectivity index (χ3n) is 4.30. The smallest absolute Gasteiger partial charge is 0.251 e. The molecular formula is C20H21Cl2N3O3. The molecule has 8 heteroatoms. The average Bonchev–Trinajstić information content (AvgIpc) is 3.21. The third-order valence-corrected chi connectivity index (χ3v) is 5.03. The molecule has 1 heterocycles. The summed E-state index contributed by atoms with van der Waals surface area (Å²) < 4.78 is 5.50. The van der Waals surface area contributed by atoms with Crippen molar-refractivity contribution in [3.05, 3.63) is 58.1 Å². The van der Waals surface area contributed by atoms with Gasteiger partial charge in [0, 0.05) is 30.1 Å². The Kier molecular flexibility index (Phi) is 7.14. The van der Waals surface area contributed by atoms with E-state index in [4.69, 9.17) is 27.9 Å². The molecule has 0 saturated carbocycles. The number of benzene rings is 2. The first-order valence-corrected chi connectivity index (χ1v) is 9.75. The molecule has 1 fully saturated rings. The highest BCUT2D eigenvalue weighted by Crippen LogP contribution is 2.24. The first-order valence-electron chi connectivity index (χ1n) is 9.00. The zero-order valence-electron chi connectivity index (χ0n) is 15.1. The van der Waals surface area contributed by atoms with Crippen LogP contribution in [0.2, 0.25) is 10.0 Å². The molecule has 1 atom stereocenters. The standard InChI is InChI=1S/C20H21Cl2N3O3/c21-17-7-6-14(10-18(17)22)23-12-19(26)25-15-4-1-3-13(9-15)20(27)24-11-16-5-2-8-28-16/h1,3-4,6-7,9-10,16,23H,2,5,8,11-12H2,(H,24,27)(H,25,26). The first-order chi connectivity index (χ1) is 13.5. The lowest BCUT2D eigenvalue weighted by molar-refractivity contribution is -0.114. The molecule has 1 aliphatic rings. The molecule has 2 amide bonds. The number of rotatable bonds is 7. The maximum Gasteiger partial charge on any atom is 0.251 e. The normalized spacial score (nSPS) is 15.9. The molecule has 0 aliphatic carbocycles. The molecule has 3 rings (SSSR count). The van der Waals surface area contributed by atoms with Crippen LogP contribution in [0.5, 0.6) is 0 Å². The van der Waals surface area contributed by atoms with Crippen molar-refractivity contribution in [2.75, 3.05) is 30.3 Å². The Balaban J connectivity index is 1.50. The summed E-state index contributed by atoms with van der Waals surface area (Å²) in [7, 11) is 0. The van der Waals surface area contributed by atoms with Gasteiger partial charge in [0.1, 0.15) is 0 Å². The molecular weight excluding hydrogens is 401 g/mol. The molecule has 2 aromatic rings. The minimum atomic E-state index is -0.247. The van der Waals surface area contributed by atoms with Crippen molar-refractivity contribution in [2.45, 2.75) is 18.9 Å². The monoisotopic (exact) mass is 421 g/mol. The SMILES string of the molecule is O=C(CNc1ccc(Cl)c(Cl)c1)Nc1cccc(C(=O)NCC2CCCO2)c1. The molecule has 3 N–H and O–H groups in total. The van der Waals surface area contributed by atoms with Crippen molar-refractivity contribution in [2.24, 2.45) is 0 Å². The first kappa shape index (κ1) is 20.5. The van der Waals surface area contributed by atoms with Gasteiger partial charge in [-0.3, -0.25) is 9.59 Å². The van der Waals surface area contributed by atoms with Crippen molar-refractivity contribution >= 4 is 46.4 Å². The number of carbonyl (C=O) groups is 2. The molecule has 148 valence electrons. The summed E-state index contributed by atoms with van der Waals surface area (Å²) >= 11 is 11.8. The van der Waals surface area contributed by atoms with Crippen LogP contribution < -0.4 is 16.0 Å². The van der Waals surface area contributed by atoms with Crippen LogP contribution in [0.15, 0.2) is 42.5 Å². The van der Waals surface area contributed by atoms with Crippen LogP contribution in [0.25, 0.3) is 0 Å². The molecule has 1 unspecified atom stereocenters. The maximum absolute atomic E-state index is 12.3. The zero-order valence-corrected chi connectivity index (χ0v) is 16.6. The highest BCUT2D eigenvalue weighted by Gasteiger charge is 2.17. The molecule has 28 heavy (non-hydrogen) atoms. The van der Waals surface area contributed by atoms with Crippen LogP contribution in [-0.4, -0.2) is 37.6 Å². The van der Waals surface area contributed by atoms with Crippen molar-refractivity contribution in [1.29, 1.82) is 0 Å². The second kappa shape index (κ2) is 9.78. The van der Waals surface area contributed by atoms with Gasteiger partial charge in [0.15, 0.2) is 0 Å². The Morgan fingerprint density at radius 2 is 1.93 bits per heavy atom. The van der Waals surface area contributed by atoms with Crippen LogP contribution in [0.3, 0.4) is 0 Å². The van der Waals surface area contributed by atoms with Crippen LogP contribution in [0.1, 0.15) is 23.2 Å². The van der Waals surface area contributed by atoms with Gasteiger partial charge in [0.2, 0.25) is 5.91 Å².